The lowest BCUT2D eigenvalue weighted by molar-refractivity contribution is -0.138. The maximum Gasteiger partial charge on any atom is 0.349 e. The normalized spacial score (nSPS) is 11.1. The number of rotatable bonds is 7. The van der Waals surface area contributed by atoms with Gasteiger partial charge in [-0.3, -0.25) is 0 Å². The Bertz CT molecular complexity index is 754. The van der Waals surface area contributed by atoms with Crippen LogP contribution in [0.3, 0.4) is 0 Å². The van der Waals surface area contributed by atoms with Gasteiger partial charge in [0, 0.05) is 16.1 Å². The van der Waals surface area contributed by atoms with E-state index in [2.05, 4.69) is 22.9 Å². The fourth-order valence-corrected chi connectivity index (χ4v) is 2.34. The second-order valence-corrected chi connectivity index (χ2v) is 6.14. The summed E-state index contributed by atoms with van der Waals surface area (Å²) < 4.78 is 11.8. The monoisotopic (exact) mass is 387 g/mol. The predicted octanol–water partition coefficient (Wildman–Crippen LogP) is 5.35. The third kappa shape index (κ3) is 5.10. The summed E-state index contributed by atoms with van der Waals surface area (Å²) in [6.07, 6.45) is 4.25. The van der Waals surface area contributed by atoms with E-state index in [0.29, 0.717) is 18.1 Å². The first-order valence-corrected chi connectivity index (χ1v) is 8.58. The van der Waals surface area contributed by atoms with Crippen molar-refractivity contribution >= 4 is 28.0 Å². The summed E-state index contributed by atoms with van der Waals surface area (Å²) in [5.41, 5.74) is 0.849. The Hall–Kier alpha value is -2.32. The number of benzene rings is 1. The standard InChI is InChI=1S/C19H18BrNO3/c1-2-3-4-11-23-19(22)15(13-21)12-17-9-10-18(24-17)14-5-7-16(20)8-6-14/h5-10,12H,2-4,11H2,1H3. The zero-order chi connectivity index (χ0) is 17.4. The number of halogens is 1. The van der Waals surface area contributed by atoms with Gasteiger partial charge in [-0.2, -0.15) is 5.26 Å². The fourth-order valence-electron chi connectivity index (χ4n) is 2.07. The molecule has 24 heavy (non-hydrogen) atoms. The Balaban J connectivity index is 2.07. The van der Waals surface area contributed by atoms with E-state index in [9.17, 15) is 4.79 Å². The molecule has 0 aliphatic heterocycles. The van der Waals surface area contributed by atoms with Crippen LogP contribution in [-0.2, 0) is 9.53 Å². The van der Waals surface area contributed by atoms with Crippen LogP contribution in [0.2, 0.25) is 0 Å². The van der Waals surface area contributed by atoms with E-state index < -0.39 is 5.97 Å². The molecule has 1 heterocycles. The van der Waals surface area contributed by atoms with Crippen molar-refractivity contribution in [3.63, 3.8) is 0 Å². The van der Waals surface area contributed by atoms with Gasteiger partial charge in [0.2, 0.25) is 0 Å². The highest BCUT2D eigenvalue weighted by Gasteiger charge is 2.12. The molecule has 5 heteroatoms. The minimum Gasteiger partial charge on any atom is -0.462 e. The Morgan fingerprint density at radius 3 is 2.67 bits per heavy atom. The number of furan rings is 1. The molecule has 0 bridgehead atoms. The highest BCUT2D eigenvalue weighted by molar-refractivity contribution is 9.10. The molecule has 0 aliphatic carbocycles. The van der Waals surface area contributed by atoms with E-state index in [1.807, 2.05) is 30.3 Å². The van der Waals surface area contributed by atoms with Gasteiger partial charge in [-0.05, 0) is 30.7 Å². The summed E-state index contributed by atoms with van der Waals surface area (Å²) in [7, 11) is 0. The smallest absolute Gasteiger partial charge is 0.349 e. The molecule has 0 saturated heterocycles. The van der Waals surface area contributed by atoms with Crippen molar-refractivity contribution in [1.82, 2.24) is 0 Å². The van der Waals surface area contributed by atoms with Crippen molar-refractivity contribution in [2.75, 3.05) is 6.61 Å². The minimum absolute atomic E-state index is 0.0665. The molecule has 1 aromatic carbocycles. The maximum absolute atomic E-state index is 11.9. The van der Waals surface area contributed by atoms with Crippen LogP contribution in [0.25, 0.3) is 17.4 Å². The van der Waals surface area contributed by atoms with E-state index in [4.69, 9.17) is 14.4 Å². The van der Waals surface area contributed by atoms with Crippen molar-refractivity contribution in [3.05, 3.63) is 52.2 Å². The van der Waals surface area contributed by atoms with Crippen molar-refractivity contribution in [3.8, 4) is 17.4 Å². The largest absolute Gasteiger partial charge is 0.462 e. The summed E-state index contributed by atoms with van der Waals surface area (Å²) in [6.45, 7) is 2.40. The quantitative estimate of drug-likeness (QED) is 0.278. The molecule has 2 aromatic rings. The van der Waals surface area contributed by atoms with Gasteiger partial charge in [-0.25, -0.2) is 4.79 Å². The first-order chi connectivity index (χ1) is 11.6. The minimum atomic E-state index is -0.616. The Labute approximate surface area is 149 Å². The van der Waals surface area contributed by atoms with Crippen LogP contribution < -0.4 is 0 Å². The second kappa shape index (κ2) is 9.09. The zero-order valence-corrected chi connectivity index (χ0v) is 15.0. The lowest BCUT2D eigenvalue weighted by Gasteiger charge is -2.02. The highest BCUT2D eigenvalue weighted by Crippen LogP contribution is 2.25. The zero-order valence-electron chi connectivity index (χ0n) is 13.4. The van der Waals surface area contributed by atoms with Gasteiger partial charge < -0.3 is 9.15 Å². The van der Waals surface area contributed by atoms with E-state index in [1.54, 1.807) is 12.1 Å². The third-order valence-corrected chi connectivity index (χ3v) is 3.89. The molecule has 124 valence electrons. The van der Waals surface area contributed by atoms with Crippen LogP contribution in [0.4, 0.5) is 0 Å². The average molecular weight is 388 g/mol. The molecule has 0 unspecified atom stereocenters. The molecular formula is C19H18BrNO3. The lowest BCUT2D eigenvalue weighted by atomic mass is 10.2. The van der Waals surface area contributed by atoms with Crippen LogP contribution in [0.15, 0.2) is 50.9 Å². The molecule has 0 fully saturated rings. The van der Waals surface area contributed by atoms with Crippen LogP contribution in [0, 0.1) is 11.3 Å². The Kier molecular flexibility index (Phi) is 6.83. The SMILES string of the molecule is CCCCCOC(=O)C(C#N)=Cc1ccc(-c2ccc(Br)cc2)o1. The molecular weight excluding hydrogens is 370 g/mol. The van der Waals surface area contributed by atoms with Gasteiger partial charge in [-0.15, -0.1) is 0 Å². The second-order valence-electron chi connectivity index (χ2n) is 5.22. The molecule has 0 N–H and O–H groups in total. The van der Waals surface area contributed by atoms with Gasteiger partial charge >= 0.3 is 5.97 Å². The van der Waals surface area contributed by atoms with E-state index in [1.165, 1.54) is 6.08 Å². The van der Waals surface area contributed by atoms with Gasteiger partial charge in [-0.1, -0.05) is 47.8 Å². The molecule has 4 nitrogen and oxygen atoms in total. The third-order valence-electron chi connectivity index (χ3n) is 3.36. The number of hydrogen-bond donors (Lipinski definition) is 0. The molecule has 0 saturated carbocycles. The number of nitriles is 1. The van der Waals surface area contributed by atoms with Crippen molar-refractivity contribution in [1.29, 1.82) is 5.26 Å². The Morgan fingerprint density at radius 2 is 2.00 bits per heavy atom. The molecule has 0 amide bonds. The lowest BCUT2D eigenvalue weighted by Crippen LogP contribution is -2.07. The summed E-state index contributed by atoms with van der Waals surface area (Å²) in [5.74, 6) is 0.493. The number of ether oxygens (including phenoxy) is 1. The topological polar surface area (TPSA) is 63.2 Å². The van der Waals surface area contributed by atoms with Gasteiger partial charge in [0.1, 0.15) is 23.2 Å². The number of hydrogen-bond acceptors (Lipinski definition) is 4. The number of nitrogens with zero attached hydrogens (tertiary/aromatic N) is 1. The fraction of sp³-hybridized carbons (Fsp3) is 0.263. The van der Waals surface area contributed by atoms with Gasteiger partial charge in [0.25, 0.3) is 0 Å². The van der Waals surface area contributed by atoms with E-state index >= 15 is 0 Å². The van der Waals surface area contributed by atoms with Crippen molar-refractivity contribution < 1.29 is 13.9 Å². The van der Waals surface area contributed by atoms with Crippen LogP contribution >= 0.6 is 15.9 Å². The number of carbonyl (C=O) groups excluding carboxylic acids is 1. The van der Waals surface area contributed by atoms with Gasteiger partial charge in [0.15, 0.2) is 0 Å². The summed E-state index contributed by atoms with van der Waals surface area (Å²) in [6, 6.07) is 13.1. The molecule has 1 aromatic heterocycles. The first kappa shape index (κ1) is 18.0. The molecule has 0 spiro atoms. The van der Waals surface area contributed by atoms with Crippen LogP contribution in [0.5, 0.6) is 0 Å². The van der Waals surface area contributed by atoms with Crippen molar-refractivity contribution in [2.24, 2.45) is 0 Å². The summed E-state index contributed by atoms with van der Waals surface area (Å²) in [5, 5.41) is 9.15. The number of esters is 1. The molecule has 0 radical (unpaired) electrons. The number of carbonyl (C=O) groups is 1. The summed E-state index contributed by atoms with van der Waals surface area (Å²) in [4.78, 5) is 11.9. The van der Waals surface area contributed by atoms with E-state index in [-0.39, 0.29) is 5.57 Å². The average Bonchev–Trinajstić information content (AvgIpc) is 3.05. The van der Waals surface area contributed by atoms with Gasteiger partial charge in [0.05, 0.1) is 6.61 Å². The first-order valence-electron chi connectivity index (χ1n) is 7.78. The van der Waals surface area contributed by atoms with Crippen molar-refractivity contribution in [2.45, 2.75) is 26.2 Å². The van der Waals surface area contributed by atoms with E-state index in [0.717, 1.165) is 29.3 Å². The molecule has 2 rings (SSSR count). The molecule has 0 atom stereocenters. The maximum atomic E-state index is 11.9. The number of unbranched alkanes of at least 4 members (excludes halogenated alkanes) is 2. The highest BCUT2D eigenvalue weighted by atomic mass is 79.9. The summed E-state index contributed by atoms with van der Waals surface area (Å²) >= 11 is 3.38. The van der Waals surface area contributed by atoms with Crippen LogP contribution in [-0.4, -0.2) is 12.6 Å². The predicted molar refractivity (Wildman–Crippen MR) is 95.9 cm³/mol. The Morgan fingerprint density at radius 1 is 1.25 bits per heavy atom. The molecule has 0 aliphatic rings. The van der Waals surface area contributed by atoms with Crippen LogP contribution in [0.1, 0.15) is 31.9 Å².